The highest BCUT2D eigenvalue weighted by molar-refractivity contribution is 5.45. The second kappa shape index (κ2) is 4.14. The van der Waals surface area contributed by atoms with Crippen molar-refractivity contribution in [1.82, 2.24) is 9.78 Å². The Morgan fingerprint density at radius 3 is 2.93 bits per heavy atom. The number of aromatic nitrogens is 2. The first-order valence-corrected chi connectivity index (χ1v) is 4.72. The minimum atomic E-state index is 0.485. The third kappa shape index (κ3) is 1.85. The number of ether oxygens (including phenoxy) is 1. The Bertz CT molecular complexity index is 437. The molecule has 0 bridgehead atoms. The molecule has 15 heavy (non-hydrogen) atoms. The van der Waals surface area contributed by atoms with Crippen molar-refractivity contribution < 1.29 is 4.74 Å². The first-order chi connectivity index (χ1) is 7.35. The van der Waals surface area contributed by atoms with E-state index in [2.05, 4.69) is 5.10 Å². The summed E-state index contributed by atoms with van der Waals surface area (Å²) in [6.07, 6.45) is 3.62. The van der Waals surface area contributed by atoms with Gasteiger partial charge in [0.05, 0.1) is 12.8 Å². The molecule has 0 amide bonds. The normalized spacial score (nSPS) is 10.3. The van der Waals surface area contributed by atoms with E-state index in [0.29, 0.717) is 6.54 Å². The average molecular weight is 203 g/mol. The zero-order chi connectivity index (χ0) is 10.7. The van der Waals surface area contributed by atoms with Crippen molar-refractivity contribution in [2.24, 2.45) is 5.73 Å². The van der Waals surface area contributed by atoms with Crippen molar-refractivity contribution in [3.8, 4) is 11.4 Å². The molecule has 0 atom stereocenters. The molecule has 0 fully saturated rings. The fourth-order valence-electron chi connectivity index (χ4n) is 1.47. The van der Waals surface area contributed by atoms with E-state index in [9.17, 15) is 0 Å². The van der Waals surface area contributed by atoms with Crippen LogP contribution >= 0.6 is 0 Å². The highest BCUT2D eigenvalue weighted by Crippen LogP contribution is 2.20. The summed E-state index contributed by atoms with van der Waals surface area (Å²) in [4.78, 5) is 0. The van der Waals surface area contributed by atoms with Gasteiger partial charge in [-0.3, -0.25) is 0 Å². The van der Waals surface area contributed by atoms with Gasteiger partial charge in [-0.1, -0.05) is 6.07 Å². The molecule has 78 valence electrons. The van der Waals surface area contributed by atoms with Crippen molar-refractivity contribution in [1.29, 1.82) is 0 Å². The molecule has 2 aromatic rings. The zero-order valence-corrected chi connectivity index (χ0v) is 8.55. The van der Waals surface area contributed by atoms with E-state index < -0.39 is 0 Å². The Balaban J connectivity index is 2.52. The number of benzene rings is 1. The largest absolute Gasteiger partial charge is 0.497 e. The molecule has 4 nitrogen and oxygen atoms in total. The lowest BCUT2D eigenvalue weighted by molar-refractivity contribution is 0.414. The molecule has 1 aromatic heterocycles. The molecule has 0 unspecified atom stereocenters. The van der Waals surface area contributed by atoms with E-state index in [1.807, 2.05) is 30.5 Å². The van der Waals surface area contributed by atoms with Gasteiger partial charge in [-0.15, -0.1) is 0 Å². The summed E-state index contributed by atoms with van der Waals surface area (Å²) in [7, 11) is 1.64. The minimum absolute atomic E-state index is 0.485. The van der Waals surface area contributed by atoms with Crippen molar-refractivity contribution in [2.75, 3.05) is 7.11 Å². The zero-order valence-electron chi connectivity index (χ0n) is 8.55. The lowest BCUT2D eigenvalue weighted by Gasteiger charge is -2.09. The Kier molecular flexibility index (Phi) is 2.69. The Labute approximate surface area is 88.3 Å². The maximum atomic E-state index is 5.67. The van der Waals surface area contributed by atoms with Crippen molar-refractivity contribution in [3.05, 3.63) is 42.2 Å². The van der Waals surface area contributed by atoms with Crippen LogP contribution in [0.25, 0.3) is 5.69 Å². The third-order valence-corrected chi connectivity index (χ3v) is 2.26. The smallest absolute Gasteiger partial charge is 0.121 e. The van der Waals surface area contributed by atoms with Crippen LogP contribution < -0.4 is 10.5 Å². The molecule has 0 spiro atoms. The molecule has 2 rings (SSSR count). The van der Waals surface area contributed by atoms with Crippen molar-refractivity contribution >= 4 is 0 Å². The van der Waals surface area contributed by atoms with Crippen LogP contribution in [0.2, 0.25) is 0 Å². The molecule has 0 aliphatic carbocycles. The molecule has 0 saturated heterocycles. The van der Waals surface area contributed by atoms with Gasteiger partial charge < -0.3 is 10.5 Å². The number of methoxy groups -OCH3 is 1. The molecule has 1 aromatic carbocycles. The summed E-state index contributed by atoms with van der Waals surface area (Å²) >= 11 is 0. The summed E-state index contributed by atoms with van der Waals surface area (Å²) in [5, 5.41) is 4.18. The first-order valence-electron chi connectivity index (χ1n) is 4.72. The van der Waals surface area contributed by atoms with E-state index in [0.717, 1.165) is 17.0 Å². The predicted molar refractivity (Wildman–Crippen MR) is 58.0 cm³/mol. The van der Waals surface area contributed by atoms with Gasteiger partial charge >= 0.3 is 0 Å². The summed E-state index contributed by atoms with van der Waals surface area (Å²) < 4.78 is 6.95. The summed E-state index contributed by atoms with van der Waals surface area (Å²) in [5.74, 6) is 0.803. The standard InChI is InChI=1S/C11H13N3O/c1-15-10-4-3-9(8-12)11(7-10)14-6-2-5-13-14/h2-7H,8,12H2,1H3. The van der Waals surface area contributed by atoms with Gasteiger partial charge in [0.2, 0.25) is 0 Å². The van der Waals surface area contributed by atoms with Crippen LogP contribution in [0.15, 0.2) is 36.7 Å². The predicted octanol–water partition coefficient (Wildman–Crippen LogP) is 1.34. The Hall–Kier alpha value is -1.81. The highest BCUT2D eigenvalue weighted by atomic mass is 16.5. The number of rotatable bonds is 3. The molecular weight excluding hydrogens is 190 g/mol. The molecule has 1 heterocycles. The first kappa shape index (κ1) is 9.73. The number of nitrogens with zero attached hydrogens (tertiary/aromatic N) is 2. The fraction of sp³-hybridized carbons (Fsp3) is 0.182. The van der Waals surface area contributed by atoms with Crippen LogP contribution in [0.1, 0.15) is 5.56 Å². The third-order valence-electron chi connectivity index (χ3n) is 2.26. The monoisotopic (exact) mass is 203 g/mol. The van der Waals surface area contributed by atoms with Gasteiger partial charge in [-0.25, -0.2) is 4.68 Å². The topological polar surface area (TPSA) is 53.1 Å². The van der Waals surface area contributed by atoms with E-state index in [1.54, 1.807) is 18.0 Å². The summed E-state index contributed by atoms with van der Waals surface area (Å²) in [6.45, 7) is 0.485. The van der Waals surface area contributed by atoms with Gasteiger partial charge in [-0.05, 0) is 17.7 Å². The molecule has 0 radical (unpaired) electrons. The fourth-order valence-corrected chi connectivity index (χ4v) is 1.47. The number of hydrogen-bond acceptors (Lipinski definition) is 3. The van der Waals surface area contributed by atoms with Gasteiger partial charge in [-0.2, -0.15) is 5.10 Å². The van der Waals surface area contributed by atoms with Crippen LogP contribution in [-0.2, 0) is 6.54 Å². The van der Waals surface area contributed by atoms with Crippen LogP contribution in [0.4, 0.5) is 0 Å². The van der Waals surface area contributed by atoms with Crippen molar-refractivity contribution in [3.63, 3.8) is 0 Å². The van der Waals surface area contributed by atoms with E-state index in [4.69, 9.17) is 10.5 Å². The molecule has 4 heteroatoms. The van der Waals surface area contributed by atoms with Crippen LogP contribution in [0.3, 0.4) is 0 Å². The second-order valence-electron chi connectivity index (χ2n) is 3.15. The summed E-state index contributed by atoms with van der Waals surface area (Å²) in [6, 6.07) is 7.65. The van der Waals surface area contributed by atoms with Gasteiger partial charge in [0.15, 0.2) is 0 Å². The lowest BCUT2D eigenvalue weighted by Crippen LogP contribution is -2.05. The van der Waals surface area contributed by atoms with Gasteiger partial charge in [0.1, 0.15) is 5.75 Å². The minimum Gasteiger partial charge on any atom is -0.497 e. The van der Waals surface area contributed by atoms with Gasteiger partial charge in [0.25, 0.3) is 0 Å². The highest BCUT2D eigenvalue weighted by Gasteiger charge is 2.05. The summed E-state index contributed by atoms with van der Waals surface area (Å²) in [5.41, 5.74) is 7.67. The van der Waals surface area contributed by atoms with Crippen LogP contribution in [-0.4, -0.2) is 16.9 Å². The maximum absolute atomic E-state index is 5.67. The second-order valence-corrected chi connectivity index (χ2v) is 3.15. The van der Waals surface area contributed by atoms with E-state index >= 15 is 0 Å². The molecule has 0 aliphatic heterocycles. The molecule has 0 saturated carbocycles. The SMILES string of the molecule is COc1ccc(CN)c(-n2cccn2)c1. The van der Waals surface area contributed by atoms with E-state index in [1.165, 1.54) is 0 Å². The molecular formula is C11H13N3O. The number of nitrogens with two attached hydrogens (primary N) is 1. The van der Waals surface area contributed by atoms with Crippen LogP contribution in [0, 0.1) is 0 Å². The molecule has 0 aliphatic rings. The molecule has 2 N–H and O–H groups in total. The number of hydrogen-bond donors (Lipinski definition) is 1. The maximum Gasteiger partial charge on any atom is 0.121 e. The quantitative estimate of drug-likeness (QED) is 0.819. The Morgan fingerprint density at radius 1 is 1.47 bits per heavy atom. The van der Waals surface area contributed by atoms with E-state index in [-0.39, 0.29) is 0 Å². The lowest BCUT2D eigenvalue weighted by atomic mass is 10.1. The van der Waals surface area contributed by atoms with Crippen LogP contribution in [0.5, 0.6) is 5.75 Å². The van der Waals surface area contributed by atoms with Crippen molar-refractivity contribution in [2.45, 2.75) is 6.54 Å². The van der Waals surface area contributed by atoms with Gasteiger partial charge in [0, 0.05) is 25.0 Å². The Morgan fingerprint density at radius 2 is 2.33 bits per heavy atom. The average Bonchev–Trinajstić information content (AvgIpc) is 2.81.